The van der Waals surface area contributed by atoms with Gasteiger partial charge in [-0.2, -0.15) is 0 Å². The maximum atomic E-state index is 13.1. The van der Waals surface area contributed by atoms with Crippen molar-refractivity contribution < 1.29 is 9.59 Å². The number of rotatable bonds is 3. The predicted molar refractivity (Wildman–Crippen MR) is 113 cm³/mol. The topological polar surface area (TPSA) is 43.9 Å². The Morgan fingerprint density at radius 3 is 2.55 bits per heavy atom. The van der Waals surface area contributed by atoms with Crippen LogP contribution in [0.15, 0.2) is 54.6 Å². The van der Waals surface area contributed by atoms with Gasteiger partial charge in [0, 0.05) is 43.5 Å². The molecule has 6 rings (SSSR count). The third-order valence-electron chi connectivity index (χ3n) is 6.66. The molecule has 2 aromatic carbocycles. The zero-order chi connectivity index (χ0) is 19.8. The molecule has 5 heteroatoms. The molecule has 3 fully saturated rings. The highest BCUT2D eigenvalue weighted by molar-refractivity contribution is 5.97. The van der Waals surface area contributed by atoms with Gasteiger partial charge in [0.1, 0.15) is 0 Å². The summed E-state index contributed by atoms with van der Waals surface area (Å²) in [5, 5.41) is 0. The zero-order valence-corrected chi connectivity index (χ0v) is 16.7. The summed E-state index contributed by atoms with van der Waals surface area (Å²) in [6, 6.07) is 18.0. The number of piperidine rings is 1. The third-order valence-corrected chi connectivity index (χ3v) is 6.66. The lowest BCUT2D eigenvalue weighted by Gasteiger charge is -2.36. The Kier molecular flexibility index (Phi) is 4.84. The maximum absolute atomic E-state index is 13.1. The van der Waals surface area contributed by atoms with Crippen LogP contribution in [0.2, 0.25) is 0 Å². The highest BCUT2D eigenvalue weighted by Gasteiger charge is 2.38. The van der Waals surface area contributed by atoms with Gasteiger partial charge in [0.25, 0.3) is 5.91 Å². The van der Waals surface area contributed by atoms with Gasteiger partial charge >= 0.3 is 0 Å². The molecule has 0 radical (unpaired) electrons. The van der Waals surface area contributed by atoms with E-state index in [2.05, 4.69) is 17.0 Å². The van der Waals surface area contributed by atoms with Crippen LogP contribution in [-0.2, 0) is 11.2 Å². The summed E-state index contributed by atoms with van der Waals surface area (Å²) in [5.41, 5.74) is 3.08. The standard InChI is InChI=1S/C24H27N3O2/c28-23(27-13-12-19-6-4-5-9-22(19)27)17-25-14-18-10-11-21(25)16-26(15-18)24(29)20-7-2-1-3-8-20/h1-9,18,21H,10-17H2/t18-,21-/m1/s1. The normalized spacial score (nSPS) is 23.7. The lowest BCUT2D eigenvalue weighted by atomic mass is 9.95. The minimum atomic E-state index is 0.115. The number of hydrogen-bond acceptors (Lipinski definition) is 3. The second-order valence-electron chi connectivity index (χ2n) is 8.53. The number of para-hydroxylation sites is 1. The van der Waals surface area contributed by atoms with Crippen LogP contribution in [0.4, 0.5) is 5.69 Å². The van der Waals surface area contributed by atoms with Crippen molar-refractivity contribution in [2.75, 3.05) is 37.6 Å². The molecule has 0 aromatic heterocycles. The highest BCUT2D eigenvalue weighted by Crippen LogP contribution is 2.31. The van der Waals surface area contributed by atoms with Gasteiger partial charge in [-0.1, -0.05) is 36.4 Å². The lowest BCUT2D eigenvalue weighted by molar-refractivity contribution is -0.120. The Labute approximate surface area is 171 Å². The Balaban J connectivity index is 1.28. The van der Waals surface area contributed by atoms with E-state index in [1.54, 1.807) is 0 Å². The van der Waals surface area contributed by atoms with Gasteiger partial charge in [0.2, 0.25) is 5.91 Å². The second kappa shape index (κ2) is 7.64. The molecule has 2 amide bonds. The summed E-state index contributed by atoms with van der Waals surface area (Å²) in [4.78, 5) is 32.4. The lowest BCUT2D eigenvalue weighted by Crippen LogP contribution is -2.49. The maximum Gasteiger partial charge on any atom is 0.253 e. The number of fused-ring (bicyclic) bond motifs is 5. The molecule has 0 unspecified atom stereocenters. The first kappa shape index (κ1) is 18.4. The average Bonchev–Trinajstić information content (AvgIpc) is 2.98. The minimum Gasteiger partial charge on any atom is -0.337 e. The molecule has 4 aliphatic heterocycles. The fraction of sp³-hybridized carbons (Fsp3) is 0.417. The first-order valence-corrected chi connectivity index (χ1v) is 10.7. The fourth-order valence-electron chi connectivity index (χ4n) is 5.16. The van der Waals surface area contributed by atoms with Crippen molar-refractivity contribution in [3.8, 4) is 0 Å². The Morgan fingerprint density at radius 1 is 0.897 bits per heavy atom. The SMILES string of the molecule is O=C(c1ccccc1)N1C[C@@H]2CC[C@H](C1)N(CC(=O)N1CCc3ccccc31)C2. The van der Waals surface area contributed by atoms with E-state index >= 15 is 0 Å². The van der Waals surface area contributed by atoms with Crippen molar-refractivity contribution in [2.24, 2.45) is 5.92 Å². The van der Waals surface area contributed by atoms with Crippen molar-refractivity contribution in [1.29, 1.82) is 0 Å². The monoisotopic (exact) mass is 389 g/mol. The molecule has 4 aliphatic rings. The van der Waals surface area contributed by atoms with Gasteiger partial charge in [-0.15, -0.1) is 0 Å². The molecular formula is C24H27N3O2. The van der Waals surface area contributed by atoms with Crippen molar-refractivity contribution in [3.63, 3.8) is 0 Å². The quantitative estimate of drug-likeness (QED) is 0.811. The summed E-state index contributed by atoms with van der Waals surface area (Å²) in [6.07, 6.45) is 3.14. The molecule has 3 saturated heterocycles. The zero-order valence-electron chi connectivity index (χ0n) is 16.7. The summed E-state index contributed by atoms with van der Waals surface area (Å²) >= 11 is 0. The highest BCUT2D eigenvalue weighted by atomic mass is 16.2. The van der Waals surface area contributed by atoms with Crippen LogP contribution in [0.3, 0.4) is 0 Å². The Hall–Kier alpha value is -2.66. The van der Waals surface area contributed by atoms with E-state index < -0.39 is 0 Å². The van der Waals surface area contributed by atoms with Crippen molar-refractivity contribution in [3.05, 3.63) is 65.7 Å². The molecule has 0 saturated carbocycles. The smallest absolute Gasteiger partial charge is 0.253 e. The van der Waals surface area contributed by atoms with E-state index in [1.807, 2.05) is 52.3 Å². The largest absolute Gasteiger partial charge is 0.337 e. The van der Waals surface area contributed by atoms with Crippen LogP contribution in [0, 0.1) is 5.92 Å². The number of nitrogens with zero attached hydrogens (tertiary/aromatic N) is 3. The predicted octanol–water partition coefficient (Wildman–Crippen LogP) is 2.81. The average molecular weight is 389 g/mol. The van der Waals surface area contributed by atoms with Crippen LogP contribution in [0.5, 0.6) is 0 Å². The number of benzene rings is 2. The number of anilines is 1. The molecule has 2 aromatic rings. The minimum absolute atomic E-state index is 0.115. The van der Waals surface area contributed by atoms with E-state index in [4.69, 9.17) is 0 Å². The summed E-state index contributed by atoms with van der Waals surface area (Å²) in [5.74, 6) is 0.743. The van der Waals surface area contributed by atoms with Gasteiger partial charge in [-0.3, -0.25) is 14.5 Å². The molecule has 0 spiro atoms. The molecule has 29 heavy (non-hydrogen) atoms. The van der Waals surface area contributed by atoms with Gasteiger partial charge < -0.3 is 9.80 Å². The number of amides is 2. The first-order chi connectivity index (χ1) is 14.2. The molecule has 5 nitrogen and oxygen atoms in total. The molecule has 2 bridgehead atoms. The van der Waals surface area contributed by atoms with Gasteiger partial charge in [-0.25, -0.2) is 0 Å². The Bertz CT molecular complexity index is 913. The van der Waals surface area contributed by atoms with Crippen LogP contribution < -0.4 is 4.90 Å². The number of hydrogen-bond donors (Lipinski definition) is 0. The second-order valence-corrected chi connectivity index (χ2v) is 8.53. The van der Waals surface area contributed by atoms with Crippen molar-refractivity contribution >= 4 is 17.5 Å². The van der Waals surface area contributed by atoms with Gasteiger partial charge in [-0.05, 0) is 48.9 Å². The summed E-state index contributed by atoms with van der Waals surface area (Å²) in [6.45, 7) is 3.64. The van der Waals surface area contributed by atoms with Crippen LogP contribution in [-0.4, -0.2) is 60.4 Å². The van der Waals surface area contributed by atoms with E-state index in [1.165, 1.54) is 5.56 Å². The molecule has 150 valence electrons. The van der Waals surface area contributed by atoms with E-state index in [0.717, 1.165) is 50.1 Å². The van der Waals surface area contributed by atoms with Crippen LogP contribution in [0.25, 0.3) is 0 Å². The molecular weight excluding hydrogens is 362 g/mol. The van der Waals surface area contributed by atoms with E-state index in [0.29, 0.717) is 19.0 Å². The van der Waals surface area contributed by atoms with E-state index in [9.17, 15) is 9.59 Å². The Morgan fingerprint density at radius 2 is 1.69 bits per heavy atom. The molecule has 2 atom stereocenters. The molecule has 4 heterocycles. The summed E-state index contributed by atoms with van der Waals surface area (Å²) < 4.78 is 0. The summed E-state index contributed by atoms with van der Waals surface area (Å²) in [7, 11) is 0. The van der Waals surface area contributed by atoms with Crippen molar-refractivity contribution in [1.82, 2.24) is 9.80 Å². The molecule has 0 N–H and O–H groups in total. The van der Waals surface area contributed by atoms with Gasteiger partial charge in [0.05, 0.1) is 6.54 Å². The van der Waals surface area contributed by atoms with Gasteiger partial charge in [0.15, 0.2) is 0 Å². The molecule has 0 aliphatic carbocycles. The third kappa shape index (κ3) is 3.55. The number of carbonyl (C=O) groups excluding carboxylic acids is 2. The van der Waals surface area contributed by atoms with Crippen LogP contribution in [0.1, 0.15) is 28.8 Å². The number of carbonyl (C=O) groups is 2. The van der Waals surface area contributed by atoms with Crippen LogP contribution >= 0.6 is 0 Å². The fourth-order valence-corrected chi connectivity index (χ4v) is 5.16. The van der Waals surface area contributed by atoms with Crippen molar-refractivity contribution in [2.45, 2.75) is 25.3 Å². The first-order valence-electron chi connectivity index (χ1n) is 10.7. The van der Waals surface area contributed by atoms with E-state index in [-0.39, 0.29) is 17.9 Å².